The number of cyclic esters (lactones) is 1. The summed E-state index contributed by atoms with van der Waals surface area (Å²) < 4.78 is 22.1. The minimum atomic E-state index is -0.421. The molecule has 37 heavy (non-hydrogen) atoms. The molecule has 0 bridgehead atoms. The molecule has 6 rings (SSSR count). The number of benzene rings is 2. The number of carbonyl (C=O) groups is 2. The molecule has 2 amide bonds. The lowest BCUT2D eigenvalue weighted by Crippen LogP contribution is -2.35. The van der Waals surface area contributed by atoms with Gasteiger partial charge in [0.15, 0.2) is 0 Å². The number of ether oxygens (including phenoxy) is 1. The molecule has 2 aromatic carbocycles. The van der Waals surface area contributed by atoms with Crippen LogP contribution in [-0.4, -0.2) is 48.1 Å². The number of hydrogen-bond donors (Lipinski definition) is 3. The number of anilines is 2. The summed E-state index contributed by atoms with van der Waals surface area (Å²) in [7, 11) is 0. The number of amides is 2. The summed E-state index contributed by atoms with van der Waals surface area (Å²) >= 11 is 1.47. The number of fused-ring (bicyclic) bond motifs is 1. The Bertz CT molecular complexity index is 1480. The van der Waals surface area contributed by atoms with Gasteiger partial charge in [0, 0.05) is 28.8 Å². The summed E-state index contributed by atoms with van der Waals surface area (Å²) in [5, 5.41) is 7.04. The summed E-state index contributed by atoms with van der Waals surface area (Å²) in [6.07, 6.45) is 0.587. The zero-order valence-corrected chi connectivity index (χ0v) is 20.7. The van der Waals surface area contributed by atoms with E-state index in [1.54, 1.807) is 27.7 Å². The van der Waals surface area contributed by atoms with E-state index >= 15 is 0 Å². The number of pyridine rings is 1. The number of halogens is 1. The number of nitrogens with one attached hydrogen (secondary N) is 2. The Hall–Kier alpha value is -3.41. The Balaban J connectivity index is 1.10. The second kappa shape index (κ2) is 9.47. The van der Waals surface area contributed by atoms with Gasteiger partial charge in [-0.25, -0.2) is 9.18 Å². The SMILES string of the molecule is NC[C@H]1[C@H](NCCC[C@@H]2CN(c3ccc4c(c3)NC(=O)CS4)C(=O)O2)c2c(F)ccc3ccc(=O)n1c23. The fraction of sp³-hybridized carbons (Fsp3) is 0.346. The molecule has 0 spiro atoms. The third-order valence-electron chi connectivity index (χ3n) is 7.20. The first-order chi connectivity index (χ1) is 17.9. The Kier molecular flexibility index (Phi) is 6.13. The highest BCUT2D eigenvalue weighted by molar-refractivity contribution is 8.00. The first-order valence-electron chi connectivity index (χ1n) is 12.3. The van der Waals surface area contributed by atoms with Crippen LogP contribution in [0.25, 0.3) is 10.9 Å². The maximum Gasteiger partial charge on any atom is 0.414 e. The van der Waals surface area contributed by atoms with Crippen LogP contribution in [-0.2, 0) is 9.53 Å². The van der Waals surface area contributed by atoms with Crippen molar-refractivity contribution in [2.75, 3.05) is 35.6 Å². The second-order valence-corrected chi connectivity index (χ2v) is 10.5. The fourth-order valence-corrected chi connectivity index (χ4v) is 6.30. The molecule has 1 aromatic heterocycles. The minimum Gasteiger partial charge on any atom is -0.444 e. The molecule has 0 saturated carbocycles. The van der Waals surface area contributed by atoms with E-state index in [1.807, 2.05) is 12.1 Å². The van der Waals surface area contributed by atoms with Crippen LogP contribution in [0.15, 0.2) is 52.2 Å². The van der Waals surface area contributed by atoms with Gasteiger partial charge >= 0.3 is 6.09 Å². The van der Waals surface area contributed by atoms with E-state index in [4.69, 9.17) is 10.5 Å². The third kappa shape index (κ3) is 4.16. The van der Waals surface area contributed by atoms with Crippen molar-refractivity contribution in [1.82, 2.24) is 9.88 Å². The van der Waals surface area contributed by atoms with Gasteiger partial charge in [0.1, 0.15) is 11.9 Å². The molecule has 0 unspecified atom stereocenters. The minimum absolute atomic E-state index is 0.0627. The Morgan fingerprint density at radius 2 is 2.00 bits per heavy atom. The van der Waals surface area contributed by atoms with E-state index in [-0.39, 0.29) is 36.0 Å². The molecule has 9 nitrogen and oxygen atoms in total. The predicted molar refractivity (Wildman–Crippen MR) is 140 cm³/mol. The number of nitrogens with zero attached hydrogens (tertiary/aromatic N) is 2. The lowest BCUT2D eigenvalue weighted by Gasteiger charge is -2.22. The number of thioether (sulfide) groups is 1. The van der Waals surface area contributed by atoms with E-state index < -0.39 is 12.1 Å². The largest absolute Gasteiger partial charge is 0.444 e. The van der Waals surface area contributed by atoms with Crippen molar-refractivity contribution in [1.29, 1.82) is 0 Å². The molecule has 1 saturated heterocycles. The highest BCUT2D eigenvalue weighted by atomic mass is 32.2. The number of hydrogen-bond acceptors (Lipinski definition) is 7. The number of aromatic nitrogens is 1. The average Bonchev–Trinajstić information content (AvgIpc) is 3.43. The highest BCUT2D eigenvalue weighted by Crippen LogP contribution is 2.40. The van der Waals surface area contributed by atoms with Crippen molar-refractivity contribution in [3.63, 3.8) is 0 Å². The Morgan fingerprint density at radius 1 is 1.16 bits per heavy atom. The van der Waals surface area contributed by atoms with Crippen molar-refractivity contribution < 1.29 is 18.7 Å². The van der Waals surface area contributed by atoms with Crippen LogP contribution in [0.4, 0.5) is 20.6 Å². The van der Waals surface area contributed by atoms with E-state index in [9.17, 15) is 18.8 Å². The average molecular weight is 524 g/mol. The van der Waals surface area contributed by atoms with Crippen LogP contribution in [0.5, 0.6) is 0 Å². The fourth-order valence-electron chi connectivity index (χ4n) is 5.51. The topological polar surface area (TPSA) is 119 Å². The molecular formula is C26H26FN5O4S. The zero-order valence-electron chi connectivity index (χ0n) is 19.9. The van der Waals surface area contributed by atoms with Gasteiger partial charge in [0.2, 0.25) is 5.91 Å². The predicted octanol–water partition coefficient (Wildman–Crippen LogP) is 3.13. The summed E-state index contributed by atoms with van der Waals surface area (Å²) in [6, 6.07) is 11.1. The highest BCUT2D eigenvalue weighted by Gasteiger charge is 2.37. The molecule has 3 aromatic rings. The molecule has 0 aliphatic carbocycles. The van der Waals surface area contributed by atoms with Gasteiger partial charge in [-0.05, 0) is 61.2 Å². The van der Waals surface area contributed by atoms with Crippen LogP contribution >= 0.6 is 11.8 Å². The number of rotatable bonds is 7. The van der Waals surface area contributed by atoms with Crippen LogP contribution in [0.2, 0.25) is 0 Å². The normalized spacial score (nSPS) is 22.3. The van der Waals surface area contributed by atoms with Crippen LogP contribution in [0.1, 0.15) is 30.5 Å². The summed E-state index contributed by atoms with van der Waals surface area (Å²) in [6.45, 7) is 1.14. The zero-order chi connectivity index (χ0) is 25.7. The first kappa shape index (κ1) is 24.0. The van der Waals surface area contributed by atoms with E-state index in [2.05, 4.69) is 10.6 Å². The second-order valence-electron chi connectivity index (χ2n) is 9.45. The van der Waals surface area contributed by atoms with Crippen LogP contribution in [0, 0.1) is 5.82 Å². The molecule has 0 radical (unpaired) electrons. The molecule has 1 fully saturated rings. The summed E-state index contributed by atoms with van der Waals surface area (Å²) in [5.41, 5.74) is 8.28. The third-order valence-corrected chi connectivity index (χ3v) is 8.27. The number of carbonyl (C=O) groups excluding carboxylic acids is 2. The van der Waals surface area contributed by atoms with E-state index in [0.717, 1.165) is 10.3 Å². The Labute approximate surface area is 216 Å². The quantitative estimate of drug-likeness (QED) is 0.407. The molecule has 3 aliphatic heterocycles. The van der Waals surface area contributed by atoms with E-state index in [1.165, 1.54) is 23.9 Å². The smallest absolute Gasteiger partial charge is 0.414 e. The van der Waals surface area contributed by atoms with Gasteiger partial charge in [0.05, 0.1) is 35.6 Å². The lowest BCUT2D eigenvalue weighted by molar-refractivity contribution is -0.113. The lowest BCUT2D eigenvalue weighted by atomic mass is 10.0. The first-order valence-corrected chi connectivity index (χ1v) is 13.2. The van der Waals surface area contributed by atoms with Crippen molar-refractivity contribution in [2.24, 2.45) is 5.73 Å². The van der Waals surface area contributed by atoms with Crippen LogP contribution < -0.4 is 26.8 Å². The summed E-state index contributed by atoms with van der Waals surface area (Å²) in [4.78, 5) is 39.4. The molecule has 3 aliphatic rings. The van der Waals surface area contributed by atoms with Crippen LogP contribution in [0.3, 0.4) is 0 Å². The van der Waals surface area contributed by atoms with Gasteiger partial charge in [-0.3, -0.25) is 14.5 Å². The maximum atomic E-state index is 14.9. The van der Waals surface area contributed by atoms with Crippen molar-refractivity contribution >= 4 is 46.0 Å². The van der Waals surface area contributed by atoms with E-state index in [0.29, 0.717) is 54.1 Å². The molecule has 3 atom stereocenters. The summed E-state index contributed by atoms with van der Waals surface area (Å²) in [5.74, 6) is -0.0429. The van der Waals surface area contributed by atoms with Crippen molar-refractivity contribution in [2.45, 2.75) is 35.9 Å². The maximum absolute atomic E-state index is 14.9. The molecule has 4 heterocycles. The van der Waals surface area contributed by atoms with Gasteiger partial charge in [-0.2, -0.15) is 0 Å². The molecular weight excluding hydrogens is 497 g/mol. The molecule has 11 heteroatoms. The molecule has 192 valence electrons. The standard InChI is InChI=1S/C26H26FN5O4S/c27-17-6-3-14-4-8-22(34)32-19(11-28)24(23(17)25(14)32)29-9-1-2-16-12-31(26(35)36-16)15-5-7-20-18(10-15)30-21(33)13-37-20/h3-8,10,16,19,24,29H,1-2,9,11-13,28H2,(H,30,33)/t16-,19+,24+/m1/s1. The monoisotopic (exact) mass is 523 g/mol. The molecule has 4 N–H and O–H groups in total. The van der Waals surface area contributed by atoms with Gasteiger partial charge < -0.3 is 25.7 Å². The Morgan fingerprint density at radius 3 is 2.84 bits per heavy atom. The van der Waals surface area contributed by atoms with Crippen molar-refractivity contribution in [3.05, 3.63) is 64.2 Å². The number of nitrogens with two attached hydrogens (primary N) is 1. The van der Waals surface area contributed by atoms with Gasteiger partial charge in [-0.1, -0.05) is 0 Å². The van der Waals surface area contributed by atoms with Gasteiger partial charge in [0.25, 0.3) is 5.56 Å². The van der Waals surface area contributed by atoms with Gasteiger partial charge in [-0.15, -0.1) is 11.8 Å². The van der Waals surface area contributed by atoms with Crippen molar-refractivity contribution in [3.8, 4) is 0 Å².